The molecular formula is C13H23N3O. The summed E-state index contributed by atoms with van der Waals surface area (Å²) in [5, 5.41) is 0. The van der Waals surface area contributed by atoms with Crippen molar-refractivity contribution in [1.82, 2.24) is 9.80 Å². The standard InChI is InChI=1S/C13H23N3O/c1-15(7-8-16-5-2-3-6-16)11-13-12(10-14)4-9-17-13/h4,9H,2-3,5-8,10-11,14H2,1H3. The van der Waals surface area contributed by atoms with Crippen LogP contribution in [0.4, 0.5) is 0 Å². The van der Waals surface area contributed by atoms with Gasteiger partial charge in [0.1, 0.15) is 5.76 Å². The Morgan fingerprint density at radius 3 is 2.88 bits per heavy atom. The fraction of sp³-hybridized carbons (Fsp3) is 0.692. The van der Waals surface area contributed by atoms with Crippen molar-refractivity contribution in [3.63, 3.8) is 0 Å². The molecule has 1 aliphatic heterocycles. The third kappa shape index (κ3) is 3.56. The van der Waals surface area contributed by atoms with E-state index in [-0.39, 0.29) is 0 Å². The largest absolute Gasteiger partial charge is 0.468 e. The monoisotopic (exact) mass is 237 g/mol. The normalized spacial score (nSPS) is 17.1. The van der Waals surface area contributed by atoms with Crippen molar-refractivity contribution >= 4 is 0 Å². The maximum atomic E-state index is 5.66. The number of rotatable bonds is 6. The summed E-state index contributed by atoms with van der Waals surface area (Å²) < 4.78 is 5.46. The van der Waals surface area contributed by atoms with Crippen LogP contribution < -0.4 is 5.73 Å². The zero-order valence-corrected chi connectivity index (χ0v) is 10.7. The molecule has 17 heavy (non-hydrogen) atoms. The lowest BCUT2D eigenvalue weighted by Gasteiger charge is -2.20. The van der Waals surface area contributed by atoms with E-state index in [1.807, 2.05) is 6.07 Å². The lowest BCUT2D eigenvalue weighted by molar-refractivity contribution is 0.239. The second kappa shape index (κ2) is 6.19. The molecule has 2 rings (SSSR count). The number of furan rings is 1. The van der Waals surface area contributed by atoms with E-state index in [9.17, 15) is 0 Å². The predicted octanol–water partition coefficient (Wildman–Crippen LogP) is 1.27. The summed E-state index contributed by atoms with van der Waals surface area (Å²) >= 11 is 0. The molecule has 2 heterocycles. The molecule has 96 valence electrons. The van der Waals surface area contributed by atoms with E-state index < -0.39 is 0 Å². The maximum absolute atomic E-state index is 5.66. The van der Waals surface area contributed by atoms with E-state index in [1.165, 1.54) is 25.9 Å². The molecule has 1 aromatic rings. The van der Waals surface area contributed by atoms with E-state index in [0.717, 1.165) is 31.0 Å². The van der Waals surface area contributed by atoms with Gasteiger partial charge in [-0.25, -0.2) is 0 Å². The first-order valence-corrected chi connectivity index (χ1v) is 6.46. The summed E-state index contributed by atoms with van der Waals surface area (Å²) in [4.78, 5) is 4.83. The Balaban J connectivity index is 1.74. The van der Waals surface area contributed by atoms with Crippen LogP contribution in [-0.4, -0.2) is 43.0 Å². The van der Waals surface area contributed by atoms with Gasteiger partial charge in [0.05, 0.1) is 12.8 Å². The fourth-order valence-corrected chi connectivity index (χ4v) is 2.33. The van der Waals surface area contributed by atoms with Gasteiger partial charge in [-0.05, 0) is 39.0 Å². The third-order valence-corrected chi connectivity index (χ3v) is 3.47. The highest BCUT2D eigenvalue weighted by molar-refractivity contribution is 5.16. The van der Waals surface area contributed by atoms with Crippen LogP contribution >= 0.6 is 0 Å². The van der Waals surface area contributed by atoms with Crippen LogP contribution in [0.3, 0.4) is 0 Å². The molecule has 0 amide bonds. The van der Waals surface area contributed by atoms with Crippen molar-refractivity contribution in [1.29, 1.82) is 0 Å². The Bertz CT molecular complexity index is 331. The Kier molecular flexibility index (Phi) is 4.59. The van der Waals surface area contributed by atoms with Gasteiger partial charge in [-0.3, -0.25) is 4.90 Å². The predicted molar refractivity (Wildman–Crippen MR) is 68.6 cm³/mol. The van der Waals surface area contributed by atoms with Crippen molar-refractivity contribution in [3.8, 4) is 0 Å². The summed E-state index contributed by atoms with van der Waals surface area (Å²) in [6.07, 6.45) is 4.45. The van der Waals surface area contributed by atoms with Crippen molar-refractivity contribution < 1.29 is 4.42 Å². The second-order valence-electron chi connectivity index (χ2n) is 4.86. The molecule has 0 radical (unpaired) electrons. The highest BCUT2D eigenvalue weighted by Crippen LogP contribution is 2.12. The Labute approximate surface area is 103 Å². The highest BCUT2D eigenvalue weighted by atomic mass is 16.3. The molecule has 0 aliphatic carbocycles. The minimum atomic E-state index is 0.561. The summed E-state index contributed by atoms with van der Waals surface area (Å²) in [5.41, 5.74) is 6.78. The molecule has 2 N–H and O–H groups in total. The van der Waals surface area contributed by atoms with Crippen LogP contribution in [0.25, 0.3) is 0 Å². The number of likely N-dealkylation sites (tertiary alicyclic amines) is 1. The average molecular weight is 237 g/mol. The Hall–Kier alpha value is -0.840. The van der Waals surface area contributed by atoms with E-state index in [0.29, 0.717) is 6.54 Å². The Morgan fingerprint density at radius 2 is 2.18 bits per heavy atom. The zero-order chi connectivity index (χ0) is 12.1. The van der Waals surface area contributed by atoms with Gasteiger partial charge in [-0.15, -0.1) is 0 Å². The first kappa shape index (κ1) is 12.6. The molecule has 0 unspecified atom stereocenters. The molecular weight excluding hydrogens is 214 g/mol. The number of nitrogens with zero attached hydrogens (tertiary/aromatic N) is 2. The van der Waals surface area contributed by atoms with Crippen LogP contribution in [0.5, 0.6) is 0 Å². The van der Waals surface area contributed by atoms with Crippen LogP contribution in [0, 0.1) is 0 Å². The van der Waals surface area contributed by atoms with Crippen LogP contribution in [0.2, 0.25) is 0 Å². The summed E-state index contributed by atoms with van der Waals surface area (Å²) in [6.45, 7) is 6.20. The summed E-state index contributed by atoms with van der Waals surface area (Å²) in [6, 6.07) is 1.96. The zero-order valence-electron chi connectivity index (χ0n) is 10.7. The number of hydrogen-bond acceptors (Lipinski definition) is 4. The van der Waals surface area contributed by atoms with Crippen molar-refractivity contribution in [3.05, 3.63) is 23.7 Å². The molecule has 1 saturated heterocycles. The topological polar surface area (TPSA) is 45.6 Å². The van der Waals surface area contributed by atoms with Crippen molar-refractivity contribution in [2.24, 2.45) is 5.73 Å². The quantitative estimate of drug-likeness (QED) is 0.809. The fourth-order valence-electron chi connectivity index (χ4n) is 2.33. The van der Waals surface area contributed by atoms with Crippen molar-refractivity contribution in [2.45, 2.75) is 25.9 Å². The third-order valence-electron chi connectivity index (χ3n) is 3.47. The van der Waals surface area contributed by atoms with Crippen LogP contribution in [0.15, 0.2) is 16.7 Å². The number of likely N-dealkylation sites (N-methyl/N-ethyl adjacent to an activating group) is 1. The van der Waals surface area contributed by atoms with Crippen LogP contribution in [-0.2, 0) is 13.1 Å². The maximum Gasteiger partial charge on any atom is 0.122 e. The molecule has 0 atom stereocenters. The van der Waals surface area contributed by atoms with E-state index in [4.69, 9.17) is 10.2 Å². The van der Waals surface area contributed by atoms with E-state index >= 15 is 0 Å². The van der Waals surface area contributed by atoms with Gasteiger partial charge < -0.3 is 15.1 Å². The van der Waals surface area contributed by atoms with Gasteiger partial charge >= 0.3 is 0 Å². The molecule has 4 nitrogen and oxygen atoms in total. The summed E-state index contributed by atoms with van der Waals surface area (Å²) in [7, 11) is 2.14. The van der Waals surface area contributed by atoms with Gasteiger partial charge in [-0.1, -0.05) is 0 Å². The second-order valence-corrected chi connectivity index (χ2v) is 4.86. The lowest BCUT2D eigenvalue weighted by Crippen LogP contribution is -2.31. The minimum Gasteiger partial charge on any atom is -0.468 e. The number of hydrogen-bond donors (Lipinski definition) is 1. The summed E-state index contributed by atoms with van der Waals surface area (Å²) in [5.74, 6) is 1.01. The van der Waals surface area contributed by atoms with Gasteiger partial charge in [-0.2, -0.15) is 0 Å². The van der Waals surface area contributed by atoms with Gasteiger partial charge in [0.2, 0.25) is 0 Å². The molecule has 4 heteroatoms. The van der Waals surface area contributed by atoms with Crippen molar-refractivity contribution in [2.75, 3.05) is 33.2 Å². The van der Waals surface area contributed by atoms with Gasteiger partial charge in [0, 0.05) is 25.2 Å². The highest BCUT2D eigenvalue weighted by Gasteiger charge is 2.13. The SMILES string of the molecule is CN(CCN1CCCC1)Cc1occc1CN. The smallest absolute Gasteiger partial charge is 0.122 e. The van der Waals surface area contributed by atoms with Gasteiger partial charge in [0.25, 0.3) is 0 Å². The van der Waals surface area contributed by atoms with Crippen LogP contribution in [0.1, 0.15) is 24.2 Å². The Morgan fingerprint density at radius 1 is 1.41 bits per heavy atom. The minimum absolute atomic E-state index is 0.561. The molecule has 0 spiro atoms. The molecule has 0 aromatic carbocycles. The average Bonchev–Trinajstić information content (AvgIpc) is 2.97. The van der Waals surface area contributed by atoms with Gasteiger partial charge in [0.15, 0.2) is 0 Å². The first-order chi connectivity index (χ1) is 8.29. The lowest BCUT2D eigenvalue weighted by atomic mass is 10.2. The van der Waals surface area contributed by atoms with E-state index in [2.05, 4.69) is 16.8 Å². The van der Waals surface area contributed by atoms with E-state index in [1.54, 1.807) is 6.26 Å². The molecule has 0 saturated carbocycles. The molecule has 1 fully saturated rings. The molecule has 1 aliphatic rings. The molecule has 0 bridgehead atoms. The number of nitrogens with two attached hydrogens (primary N) is 1. The molecule has 1 aromatic heterocycles. The first-order valence-electron chi connectivity index (χ1n) is 6.46.